The third-order valence-electron chi connectivity index (χ3n) is 1.93. The van der Waals surface area contributed by atoms with Crippen molar-refractivity contribution in [3.8, 4) is 5.75 Å². The van der Waals surface area contributed by atoms with Crippen LogP contribution in [0.1, 0.15) is 12.5 Å². The second-order valence-corrected chi connectivity index (χ2v) is 3.00. The maximum absolute atomic E-state index is 9.03. The molecule has 0 heterocycles. The normalized spacial score (nSPS) is 10.6. The zero-order valence-electron chi connectivity index (χ0n) is 7.62. The first-order chi connectivity index (χ1) is 5.72. The molecule has 0 saturated carbocycles. The van der Waals surface area contributed by atoms with E-state index >= 15 is 0 Å². The molecule has 1 N–H and O–H groups in total. The Labute approximate surface area is 73.4 Å². The van der Waals surface area contributed by atoms with E-state index in [0.29, 0.717) is 5.75 Å². The number of rotatable bonds is 3. The Morgan fingerprint density at radius 3 is 2.33 bits per heavy atom. The maximum Gasteiger partial charge on any atom is 0.115 e. The van der Waals surface area contributed by atoms with E-state index in [-0.39, 0.29) is 0 Å². The molecule has 0 amide bonds. The van der Waals surface area contributed by atoms with Crippen molar-refractivity contribution in [1.29, 1.82) is 0 Å². The number of nitrogens with zero attached hydrogens (tertiary/aromatic N) is 1. The van der Waals surface area contributed by atoms with E-state index in [0.717, 1.165) is 13.1 Å². The summed E-state index contributed by atoms with van der Waals surface area (Å²) >= 11 is 0. The Morgan fingerprint density at radius 2 is 1.83 bits per heavy atom. The second kappa shape index (κ2) is 4.12. The fraction of sp³-hybridized carbons (Fsp3) is 0.400. The van der Waals surface area contributed by atoms with Crippen LogP contribution in [0.25, 0.3) is 0 Å². The maximum atomic E-state index is 9.03. The molecule has 2 nitrogen and oxygen atoms in total. The van der Waals surface area contributed by atoms with Gasteiger partial charge in [-0.1, -0.05) is 19.1 Å². The number of phenolic OH excluding ortho intramolecular Hbond substituents is 1. The molecule has 2 heteroatoms. The van der Waals surface area contributed by atoms with Crippen LogP contribution in [0.3, 0.4) is 0 Å². The average Bonchev–Trinajstić information content (AvgIpc) is 2.09. The van der Waals surface area contributed by atoms with Crippen molar-refractivity contribution >= 4 is 0 Å². The van der Waals surface area contributed by atoms with Crippen LogP contribution in [-0.4, -0.2) is 23.6 Å². The Morgan fingerprint density at radius 1 is 1.25 bits per heavy atom. The summed E-state index contributed by atoms with van der Waals surface area (Å²) in [6, 6.07) is 7.33. The van der Waals surface area contributed by atoms with Gasteiger partial charge in [0.05, 0.1) is 0 Å². The summed E-state index contributed by atoms with van der Waals surface area (Å²) in [5, 5.41) is 9.03. The van der Waals surface area contributed by atoms with Crippen LogP contribution in [0.15, 0.2) is 24.3 Å². The highest BCUT2D eigenvalue weighted by Gasteiger charge is 1.96. The first kappa shape index (κ1) is 9.07. The molecule has 0 atom stereocenters. The summed E-state index contributed by atoms with van der Waals surface area (Å²) in [5.41, 5.74) is 1.23. The van der Waals surface area contributed by atoms with Crippen LogP contribution in [-0.2, 0) is 6.54 Å². The van der Waals surface area contributed by atoms with Crippen molar-refractivity contribution in [2.24, 2.45) is 0 Å². The Bertz CT molecular complexity index is 230. The van der Waals surface area contributed by atoms with Gasteiger partial charge in [-0.05, 0) is 31.3 Å². The lowest BCUT2D eigenvalue weighted by molar-refractivity contribution is 0.345. The first-order valence-corrected chi connectivity index (χ1v) is 4.19. The number of aromatic hydroxyl groups is 1. The largest absolute Gasteiger partial charge is 0.508 e. The lowest BCUT2D eigenvalue weighted by Crippen LogP contribution is -2.16. The number of phenols is 1. The van der Waals surface area contributed by atoms with Gasteiger partial charge in [0, 0.05) is 6.54 Å². The van der Waals surface area contributed by atoms with E-state index < -0.39 is 0 Å². The van der Waals surface area contributed by atoms with E-state index in [2.05, 4.69) is 18.9 Å². The van der Waals surface area contributed by atoms with Crippen LogP contribution >= 0.6 is 0 Å². The number of hydrogen-bond acceptors (Lipinski definition) is 2. The molecule has 66 valence electrons. The molecule has 0 unspecified atom stereocenters. The molecule has 0 spiro atoms. The van der Waals surface area contributed by atoms with Gasteiger partial charge in [-0.2, -0.15) is 0 Å². The van der Waals surface area contributed by atoms with Crippen molar-refractivity contribution in [1.82, 2.24) is 4.90 Å². The summed E-state index contributed by atoms with van der Waals surface area (Å²) in [6.45, 7) is 4.11. The van der Waals surface area contributed by atoms with Crippen LogP contribution < -0.4 is 0 Å². The lowest BCUT2D eigenvalue weighted by Gasteiger charge is -2.13. The van der Waals surface area contributed by atoms with Crippen molar-refractivity contribution in [2.75, 3.05) is 13.6 Å². The third kappa shape index (κ3) is 2.55. The molecule has 1 aromatic rings. The van der Waals surface area contributed by atoms with Gasteiger partial charge in [-0.15, -0.1) is 0 Å². The SMILES string of the molecule is CCN(C)Cc1ccc(O)cc1. The van der Waals surface area contributed by atoms with Gasteiger partial charge in [-0.3, -0.25) is 0 Å². The summed E-state index contributed by atoms with van der Waals surface area (Å²) in [6.07, 6.45) is 0. The van der Waals surface area contributed by atoms with Gasteiger partial charge in [-0.25, -0.2) is 0 Å². The van der Waals surface area contributed by atoms with Crippen LogP contribution in [0.5, 0.6) is 5.75 Å². The first-order valence-electron chi connectivity index (χ1n) is 4.19. The standard InChI is InChI=1S/C10H15NO/c1-3-11(2)8-9-4-6-10(12)7-5-9/h4-7,12H,3,8H2,1-2H3. The monoisotopic (exact) mass is 165 g/mol. The molecule has 0 saturated heterocycles. The summed E-state index contributed by atoms with van der Waals surface area (Å²) in [5.74, 6) is 0.331. The smallest absolute Gasteiger partial charge is 0.115 e. The van der Waals surface area contributed by atoms with E-state index in [4.69, 9.17) is 5.11 Å². The molecule has 0 bridgehead atoms. The summed E-state index contributed by atoms with van der Waals surface area (Å²) < 4.78 is 0. The second-order valence-electron chi connectivity index (χ2n) is 3.00. The van der Waals surface area contributed by atoms with Crippen LogP contribution in [0.4, 0.5) is 0 Å². The minimum absolute atomic E-state index is 0.331. The fourth-order valence-corrected chi connectivity index (χ4v) is 1.02. The van der Waals surface area contributed by atoms with Crippen molar-refractivity contribution in [3.05, 3.63) is 29.8 Å². The number of hydrogen-bond donors (Lipinski definition) is 1. The Hall–Kier alpha value is -1.02. The zero-order chi connectivity index (χ0) is 8.97. The molecule has 1 rings (SSSR count). The molecule has 0 fully saturated rings. The molecule has 0 aliphatic heterocycles. The predicted molar refractivity (Wildman–Crippen MR) is 50.1 cm³/mol. The molecular formula is C10H15NO. The highest BCUT2D eigenvalue weighted by Crippen LogP contribution is 2.10. The zero-order valence-corrected chi connectivity index (χ0v) is 7.62. The molecule has 0 radical (unpaired) electrons. The Balaban J connectivity index is 2.58. The van der Waals surface area contributed by atoms with Gasteiger partial charge in [0.15, 0.2) is 0 Å². The highest BCUT2D eigenvalue weighted by molar-refractivity contribution is 5.25. The van der Waals surface area contributed by atoms with E-state index in [9.17, 15) is 0 Å². The van der Waals surface area contributed by atoms with Crippen molar-refractivity contribution in [2.45, 2.75) is 13.5 Å². The molecule has 0 aliphatic carbocycles. The van der Waals surface area contributed by atoms with Gasteiger partial charge < -0.3 is 10.0 Å². The fourth-order valence-electron chi connectivity index (χ4n) is 1.02. The summed E-state index contributed by atoms with van der Waals surface area (Å²) in [4.78, 5) is 2.21. The highest BCUT2D eigenvalue weighted by atomic mass is 16.3. The van der Waals surface area contributed by atoms with Crippen molar-refractivity contribution < 1.29 is 5.11 Å². The molecule has 12 heavy (non-hydrogen) atoms. The topological polar surface area (TPSA) is 23.5 Å². The van der Waals surface area contributed by atoms with Crippen LogP contribution in [0, 0.1) is 0 Å². The minimum atomic E-state index is 0.331. The quantitative estimate of drug-likeness (QED) is 0.738. The molecule has 1 aromatic carbocycles. The van der Waals surface area contributed by atoms with E-state index in [1.54, 1.807) is 12.1 Å². The summed E-state index contributed by atoms with van der Waals surface area (Å²) in [7, 11) is 2.08. The van der Waals surface area contributed by atoms with Gasteiger partial charge in [0.2, 0.25) is 0 Å². The van der Waals surface area contributed by atoms with Gasteiger partial charge in [0.1, 0.15) is 5.75 Å². The molecule has 0 aromatic heterocycles. The lowest BCUT2D eigenvalue weighted by atomic mass is 10.2. The number of benzene rings is 1. The minimum Gasteiger partial charge on any atom is -0.508 e. The van der Waals surface area contributed by atoms with Gasteiger partial charge in [0.25, 0.3) is 0 Å². The van der Waals surface area contributed by atoms with Gasteiger partial charge >= 0.3 is 0 Å². The third-order valence-corrected chi connectivity index (χ3v) is 1.93. The van der Waals surface area contributed by atoms with Crippen LogP contribution in [0.2, 0.25) is 0 Å². The Kier molecular flexibility index (Phi) is 3.11. The molecule has 0 aliphatic rings. The molecular weight excluding hydrogens is 150 g/mol. The predicted octanol–water partition coefficient (Wildman–Crippen LogP) is 1.84. The average molecular weight is 165 g/mol. The van der Waals surface area contributed by atoms with Crippen molar-refractivity contribution in [3.63, 3.8) is 0 Å². The van der Waals surface area contributed by atoms with E-state index in [1.165, 1.54) is 5.56 Å². The van der Waals surface area contributed by atoms with E-state index in [1.807, 2.05) is 12.1 Å².